The van der Waals surface area contributed by atoms with E-state index < -0.39 is 0 Å². The molecule has 1 saturated heterocycles. The molecule has 0 radical (unpaired) electrons. The number of unbranched alkanes of at least 4 members (excludes halogenated alkanes) is 1. The van der Waals surface area contributed by atoms with E-state index in [1.165, 1.54) is 0 Å². The fraction of sp³-hybridized carbons (Fsp3) is 0.909. The molecule has 1 aliphatic rings. The van der Waals surface area contributed by atoms with Crippen LogP contribution in [0.15, 0.2) is 0 Å². The molecule has 0 saturated carbocycles. The van der Waals surface area contributed by atoms with Gasteiger partial charge in [-0.3, -0.25) is 4.79 Å². The van der Waals surface area contributed by atoms with Crippen molar-refractivity contribution in [1.29, 1.82) is 0 Å². The number of hydrogen-bond donors (Lipinski definition) is 2. The van der Waals surface area contributed by atoms with Crippen LogP contribution in [0.25, 0.3) is 0 Å². The lowest BCUT2D eigenvalue weighted by Crippen LogP contribution is -2.48. The summed E-state index contributed by atoms with van der Waals surface area (Å²) in [5.74, 6) is -0.0105. The van der Waals surface area contributed by atoms with Crippen molar-refractivity contribution in [3.8, 4) is 0 Å². The fourth-order valence-corrected chi connectivity index (χ4v) is 1.53. The van der Waals surface area contributed by atoms with Gasteiger partial charge in [0.25, 0.3) is 0 Å². The Morgan fingerprint density at radius 2 is 2.44 bits per heavy atom. The van der Waals surface area contributed by atoms with Crippen molar-refractivity contribution in [2.24, 2.45) is 0 Å². The zero-order valence-corrected chi connectivity index (χ0v) is 9.96. The van der Waals surface area contributed by atoms with Crippen LogP contribution in [0.3, 0.4) is 0 Å². The van der Waals surface area contributed by atoms with Crippen LogP contribution >= 0.6 is 0 Å². The van der Waals surface area contributed by atoms with Crippen LogP contribution in [-0.2, 0) is 14.3 Å². The maximum atomic E-state index is 11.6. The van der Waals surface area contributed by atoms with E-state index in [9.17, 15) is 4.79 Å². The van der Waals surface area contributed by atoms with Crippen molar-refractivity contribution >= 4 is 5.91 Å². The molecule has 1 fully saturated rings. The Morgan fingerprint density at radius 1 is 1.56 bits per heavy atom. The normalized spacial score (nSPS) is 20.7. The first-order valence-corrected chi connectivity index (χ1v) is 6.02. The summed E-state index contributed by atoms with van der Waals surface area (Å²) in [7, 11) is 0. The molecule has 0 aromatic carbocycles. The molecule has 0 aromatic rings. The second-order valence-electron chi connectivity index (χ2n) is 3.76. The minimum Gasteiger partial charge on any atom is -0.382 e. The summed E-state index contributed by atoms with van der Waals surface area (Å²) in [5, 5.41) is 6.00. The van der Waals surface area contributed by atoms with Gasteiger partial charge in [0, 0.05) is 32.8 Å². The van der Waals surface area contributed by atoms with Crippen molar-refractivity contribution in [3.05, 3.63) is 0 Å². The first-order chi connectivity index (χ1) is 7.84. The van der Waals surface area contributed by atoms with Crippen molar-refractivity contribution in [2.45, 2.75) is 25.9 Å². The molecule has 1 aliphatic heterocycles. The highest BCUT2D eigenvalue weighted by Gasteiger charge is 2.20. The molecule has 94 valence electrons. The maximum absolute atomic E-state index is 11.6. The van der Waals surface area contributed by atoms with Gasteiger partial charge in [0.2, 0.25) is 5.91 Å². The van der Waals surface area contributed by atoms with Gasteiger partial charge < -0.3 is 20.1 Å². The van der Waals surface area contributed by atoms with Crippen LogP contribution in [0.1, 0.15) is 19.8 Å². The van der Waals surface area contributed by atoms with Crippen LogP contribution in [0.4, 0.5) is 0 Å². The quantitative estimate of drug-likeness (QED) is 0.600. The van der Waals surface area contributed by atoms with E-state index in [0.717, 1.165) is 32.6 Å². The summed E-state index contributed by atoms with van der Waals surface area (Å²) in [6, 6.07) is 0. The molecule has 1 rings (SSSR count). The summed E-state index contributed by atoms with van der Waals surface area (Å²) in [6.45, 7) is 6.27. The zero-order valence-electron chi connectivity index (χ0n) is 9.96. The van der Waals surface area contributed by atoms with E-state index in [1.807, 2.05) is 6.92 Å². The van der Waals surface area contributed by atoms with Gasteiger partial charge in [-0.15, -0.1) is 0 Å². The molecule has 1 atom stereocenters. The monoisotopic (exact) mass is 230 g/mol. The number of rotatable bonds is 7. The third-order valence-corrected chi connectivity index (χ3v) is 2.44. The number of hydrogen-bond acceptors (Lipinski definition) is 4. The lowest BCUT2D eigenvalue weighted by atomic mass is 10.2. The van der Waals surface area contributed by atoms with Crippen LogP contribution in [0.5, 0.6) is 0 Å². The molecule has 1 amide bonds. The van der Waals surface area contributed by atoms with Gasteiger partial charge in [-0.05, 0) is 19.8 Å². The summed E-state index contributed by atoms with van der Waals surface area (Å²) in [5.41, 5.74) is 0. The number of carbonyl (C=O) groups excluding carboxylic acids is 1. The highest BCUT2D eigenvalue weighted by Crippen LogP contribution is 1.96. The standard InChI is InChI=1S/C11H22N2O3/c1-2-15-7-4-3-5-13-11(14)10-9-12-6-8-16-10/h10,12H,2-9H2,1H3,(H,13,14). The number of nitrogens with one attached hydrogen (secondary N) is 2. The minimum atomic E-state index is -0.319. The second kappa shape index (κ2) is 8.50. The number of amides is 1. The molecule has 0 bridgehead atoms. The van der Waals surface area contributed by atoms with Crippen molar-refractivity contribution in [3.63, 3.8) is 0 Å². The minimum absolute atomic E-state index is 0.0105. The van der Waals surface area contributed by atoms with E-state index >= 15 is 0 Å². The predicted molar refractivity (Wildman–Crippen MR) is 61.3 cm³/mol. The predicted octanol–water partition coefficient (Wildman–Crippen LogP) is -0.0923. The third-order valence-electron chi connectivity index (χ3n) is 2.44. The Morgan fingerprint density at radius 3 is 3.12 bits per heavy atom. The van der Waals surface area contributed by atoms with Gasteiger partial charge in [-0.25, -0.2) is 0 Å². The Labute approximate surface area is 96.9 Å². The second-order valence-corrected chi connectivity index (χ2v) is 3.76. The van der Waals surface area contributed by atoms with Crippen molar-refractivity contribution in [2.75, 3.05) is 39.5 Å². The molecule has 0 aliphatic carbocycles. The Bertz CT molecular complexity index is 194. The van der Waals surface area contributed by atoms with Gasteiger partial charge in [-0.1, -0.05) is 0 Å². The summed E-state index contributed by atoms with van der Waals surface area (Å²) >= 11 is 0. The lowest BCUT2D eigenvalue weighted by Gasteiger charge is -2.22. The Kier molecular flexibility index (Phi) is 7.12. The van der Waals surface area contributed by atoms with Gasteiger partial charge in [0.05, 0.1) is 6.61 Å². The molecule has 1 unspecified atom stereocenters. The first-order valence-electron chi connectivity index (χ1n) is 6.02. The first kappa shape index (κ1) is 13.4. The van der Waals surface area contributed by atoms with E-state index in [-0.39, 0.29) is 12.0 Å². The van der Waals surface area contributed by atoms with Gasteiger partial charge in [0.1, 0.15) is 6.10 Å². The molecule has 0 spiro atoms. The third kappa shape index (κ3) is 5.44. The summed E-state index contributed by atoms with van der Waals surface area (Å²) < 4.78 is 10.5. The zero-order chi connectivity index (χ0) is 11.6. The van der Waals surface area contributed by atoms with E-state index in [1.54, 1.807) is 0 Å². The SMILES string of the molecule is CCOCCCCNC(=O)C1CNCCO1. The molecule has 5 heteroatoms. The molecular weight excluding hydrogens is 208 g/mol. The van der Waals surface area contributed by atoms with E-state index in [4.69, 9.17) is 9.47 Å². The summed E-state index contributed by atoms with van der Waals surface area (Å²) in [4.78, 5) is 11.6. The molecule has 5 nitrogen and oxygen atoms in total. The smallest absolute Gasteiger partial charge is 0.250 e. The maximum Gasteiger partial charge on any atom is 0.250 e. The number of ether oxygens (including phenoxy) is 2. The topological polar surface area (TPSA) is 59.6 Å². The van der Waals surface area contributed by atoms with Crippen LogP contribution < -0.4 is 10.6 Å². The largest absolute Gasteiger partial charge is 0.382 e. The fourth-order valence-electron chi connectivity index (χ4n) is 1.53. The Hall–Kier alpha value is -0.650. The van der Waals surface area contributed by atoms with E-state index in [2.05, 4.69) is 10.6 Å². The van der Waals surface area contributed by atoms with Gasteiger partial charge >= 0.3 is 0 Å². The van der Waals surface area contributed by atoms with E-state index in [0.29, 0.717) is 19.7 Å². The average Bonchev–Trinajstić information content (AvgIpc) is 2.34. The lowest BCUT2D eigenvalue weighted by molar-refractivity contribution is -0.134. The van der Waals surface area contributed by atoms with Crippen molar-refractivity contribution < 1.29 is 14.3 Å². The van der Waals surface area contributed by atoms with Gasteiger partial charge in [0.15, 0.2) is 0 Å². The highest BCUT2D eigenvalue weighted by atomic mass is 16.5. The molecule has 2 N–H and O–H groups in total. The highest BCUT2D eigenvalue weighted by molar-refractivity contribution is 5.81. The number of carbonyl (C=O) groups is 1. The molecule has 16 heavy (non-hydrogen) atoms. The molecule has 1 heterocycles. The van der Waals surface area contributed by atoms with Crippen molar-refractivity contribution in [1.82, 2.24) is 10.6 Å². The average molecular weight is 230 g/mol. The van der Waals surface area contributed by atoms with Crippen LogP contribution in [0.2, 0.25) is 0 Å². The molecular formula is C11H22N2O3. The Balaban J connectivity index is 1.97. The van der Waals surface area contributed by atoms with Crippen LogP contribution in [-0.4, -0.2) is 51.5 Å². The van der Waals surface area contributed by atoms with Crippen LogP contribution in [0, 0.1) is 0 Å². The van der Waals surface area contributed by atoms with Gasteiger partial charge in [-0.2, -0.15) is 0 Å². The molecule has 0 aromatic heterocycles. The summed E-state index contributed by atoms with van der Waals surface area (Å²) in [6.07, 6.45) is 1.62. The number of morpholine rings is 1.